The Bertz CT molecular complexity index is 552. The van der Waals surface area contributed by atoms with Gasteiger partial charge in [0.2, 0.25) is 0 Å². The van der Waals surface area contributed by atoms with Crippen molar-refractivity contribution in [3.8, 4) is 0 Å². The maximum absolute atomic E-state index is 11.7. The van der Waals surface area contributed by atoms with Gasteiger partial charge in [0.15, 0.2) is 14.0 Å². The van der Waals surface area contributed by atoms with Crippen LogP contribution in [-0.2, 0) is 9.16 Å². The highest BCUT2D eigenvalue weighted by atomic mass is 32.1. The number of ether oxygens (including phenoxy) is 1. The van der Waals surface area contributed by atoms with Gasteiger partial charge < -0.3 is 14.9 Å². The van der Waals surface area contributed by atoms with Crippen LogP contribution in [0.25, 0.3) is 0 Å². The van der Waals surface area contributed by atoms with E-state index in [-0.39, 0.29) is 17.2 Å². The van der Waals surface area contributed by atoms with Crippen LogP contribution >= 0.6 is 11.3 Å². The Balaban J connectivity index is 3.10. The molecule has 1 aromatic heterocycles. The van der Waals surface area contributed by atoms with E-state index in [0.29, 0.717) is 18.0 Å². The van der Waals surface area contributed by atoms with Gasteiger partial charge in [0.05, 0.1) is 13.2 Å². The van der Waals surface area contributed by atoms with Crippen molar-refractivity contribution in [1.29, 1.82) is 0 Å². The molecule has 1 heterocycles. The number of thiazole rings is 1. The molecule has 24 heavy (non-hydrogen) atoms. The lowest BCUT2D eigenvalue weighted by atomic mass is 9.99. The van der Waals surface area contributed by atoms with Crippen molar-refractivity contribution < 1.29 is 14.0 Å². The summed E-state index contributed by atoms with van der Waals surface area (Å²) in [5.74, 6) is -0.0627. The average Bonchev–Trinajstić information content (AvgIpc) is 2.93. The minimum absolute atomic E-state index is 0.0187. The second kappa shape index (κ2) is 8.08. The molecule has 2 N–H and O–H groups in total. The molecule has 0 aliphatic rings. The number of nitrogens with zero attached hydrogens (tertiary/aromatic N) is 1. The smallest absolute Gasteiger partial charge is 0.357 e. The zero-order chi connectivity index (χ0) is 18.7. The molecule has 2 atom stereocenters. The van der Waals surface area contributed by atoms with Crippen molar-refractivity contribution in [2.75, 3.05) is 7.11 Å². The highest BCUT2D eigenvalue weighted by Gasteiger charge is 2.40. The summed E-state index contributed by atoms with van der Waals surface area (Å²) in [4.78, 5) is 16.1. The number of nitrogens with two attached hydrogens (primary N) is 1. The predicted octanol–water partition coefficient (Wildman–Crippen LogP) is 4.37. The van der Waals surface area contributed by atoms with Crippen LogP contribution in [0.1, 0.15) is 62.6 Å². The molecule has 1 aromatic rings. The minimum atomic E-state index is -1.98. The zero-order valence-electron chi connectivity index (χ0n) is 16.2. The van der Waals surface area contributed by atoms with Crippen LogP contribution in [0.5, 0.6) is 0 Å². The lowest BCUT2D eigenvalue weighted by Gasteiger charge is -2.39. The SMILES string of the molecule is COC(=O)c1csc([C@@H](C[C@@H](N)C(C)C)O[Si](C)(C)C(C)(C)C)n1. The Morgan fingerprint density at radius 3 is 2.42 bits per heavy atom. The van der Waals surface area contributed by atoms with Gasteiger partial charge in [0.1, 0.15) is 5.01 Å². The Labute approximate surface area is 151 Å². The third-order valence-electron chi connectivity index (χ3n) is 4.78. The van der Waals surface area contributed by atoms with Gasteiger partial charge in [-0.25, -0.2) is 9.78 Å². The molecule has 0 aliphatic heterocycles. The summed E-state index contributed by atoms with van der Waals surface area (Å²) in [6.07, 6.45) is 0.505. The van der Waals surface area contributed by atoms with E-state index < -0.39 is 14.3 Å². The second-order valence-electron chi connectivity index (χ2n) is 8.07. The summed E-state index contributed by atoms with van der Waals surface area (Å²) in [6.45, 7) is 15.3. The third-order valence-corrected chi connectivity index (χ3v) is 10.2. The van der Waals surface area contributed by atoms with Gasteiger partial charge in [0.25, 0.3) is 0 Å². The summed E-state index contributed by atoms with van der Waals surface area (Å²) >= 11 is 1.44. The van der Waals surface area contributed by atoms with Gasteiger partial charge in [-0.3, -0.25) is 0 Å². The van der Waals surface area contributed by atoms with Crippen molar-refractivity contribution in [2.24, 2.45) is 11.7 Å². The molecule has 5 nitrogen and oxygen atoms in total. The molecule has 1 rings (SSSR count). The van der Waals surface area contributed by atoms with Crippen molar-refractivity contribution in [3.63, 3.8) is 0 Å². The highest BCUT2D eigenvalue weighted by Crippen LogP contribution is 2.41. The van der Waals surface area contributed by atoms with Gasteiger partial charge in [0, 0.05) is 11.4 Å². The average molecular weight is 373 g/mol. The van der Waals surface area contributed by atoms with Gasteiger partial charge in [-0.1, -0.05) is 34.6 Å². The second-order valence-corrected chi connectivity index (χ2v) is 13.7. The fourth-order valence-electron chi connectivity index (χ4n) is 1.88. The summed E-state index contributed by atoms with van der Waals surface area (Å²) in [5.41, 5.74) is 6.63. The summed E-state index contributed by atoms with van der Waals surface area (Å²) < 4.78 is 11.3. The first-order chi connectivity index (χ1) is 10.9. The van der Waals surface area contributed by atoms with Gasteiger partial charge >= 0.3 is 5.97 Å². The maximum atomic E-state index is 11.7. The summed E-state index contributed by atoms with van der Waals surface area (Å²) in [7, 11) is -0.623. The first-order valence-electron chi connectivity index (χ1n) is 8.36. The molecular weight excluding hydrogens is 340 g/mol. The van der Waals surface area contributed by atoms with Crippen molar-refractivity contribution >= 4 is 25.6 Å². The molecule has 7 heteroatoms. The standard InChI is InChI=1S/C17H32N2O3SSi/c1-11(2)12(18)9-14(22-24(7,8)17(3,4)5)15-19-13(10-23-15)16(20)21-6/h10-12,14H,9,18H2,1-8H3/t12-,14-/m1/s1. The lowest BCUT2D eigenvalue weighted by molar-refractivity contribution is 0.0594. The van der Waals surface area contributed by atoms with Gasteiger partial charge in [-0.15, -0.1) is 11.3 Å². The number of carbonyl (C=O) groups excluding carboxylic acids is 1. The number of aromatic nitrogens is 1. The lowest BCUT2D eigenvalue weighted by Crippen LogP contribution is -2.43. The zero-order valence-corrected chi connectivity index (χ0v) is 18.0. The van der Waals surface area contributed by atoms with Crippen LogP contribution < -0.4 is 5.73 Å². The fourth-order valence-corrected chi connectivity index (χ4v) is 4.07. The first kappa shape index (κ1) is 21.3. The van der Waals surface area contributed by atoms with Gasteiger partial charge in [-0.2, -0.15) is 0 Å². The predicted molar refractivity (Wildman–Crippen MR) is 102 cm³/mol. The minimum Gasteiger partial charge on any atom is -0.464 e. The quantitative estimate of drug-likeness (QED) is 0.568. The van der Waals surface area contributed by atoms with E-state index in [1.807, 2.05) is 0 Å². The van der Waals surface area contributed by atoms with Gasteiger partial charge in [-0.05, 0) is 30.5 Å². The monoisotopic (exact) mass is 372 g/mol. The molecule has 0 unspecified atom stereocenters. The number of carbonyl (C=O) groups is 1. The molecule has 0 saturated heterocycles. The van der Waals surface area contributed by atoms with E-state index in [2.05, 4.69) is 52.7 Å². The maximum Gasteiger partial charge on any atom is 0.357 e. The number of hydrogen-bond donors (Lipinski definition) is 1. The Morgan fingerprint density at radius 1 is 1.38 bits per heavy atom. The van der Waals surface area contributed by atoms with Crippen molar-refractivity contribution in [2.45, 2.75) is 71.3 Å². The van der Waals surface area contributed by atoms with E-state index in [9.17, 15) is 4.79 Å². The summed E-state index contributed by atoms with van der Waals surface area (Å²) in [5, 5.41) is 2.62. The molecule has 0 radical (unpaired) electrons. The third kappa shape index (κ3) is 5.37. The molecule has 0 aromatic carbocycles. The first-order valence-corrected chi connectivity index (χ1v) is 12.1. The van der Waals surface area contributed by atoms with Crippen LogP contribution in [0.2, 0.25) is 18.1 Å². The normalized spacial score (nSPS) is 15.4. The number of hydrogen-bond acceptors (Lipinski definition) is 6. The van der Waals surface area contributed by atoms with Crippen LogP contribution in [0.3, 0.4) is 0 Å². The van der Waals surface area contributed by atoms with E-state index in [0.717, 1.165) is 5.01 Å². The topological polar surface area (TPSA) is 74.4 Å². The van der Waals surface area contributed by atoms with Crippen LogP contribution in [0, 0.1) is 5.92 Å². The molecule has 138 valence electrons. The van der Waals surface area contributed by atoms with Crippen LogP contribution in [0.4, 0.5) is 0 Å². The number of esters is 1. The Hall–Kier alpha value is -0.763. The number of methoxy groups -OCH3 is 1. The van der Waals surface area contributed by atoms with E-state index in [1.165, 1.54) is 18.4 Å². The van der Waals surface area contributed by atoms with E-state index in [1.54, 1.807) is 5.38 Å². The molecule has 0 fully saturated rings. The molecule has 0 aliphatic carbocycles. The number of rotatable bonds is 7. The molecule has 0 saturated carbocycles. The Morgan fingerprint density at radius 2 is 1.96 bits per heavy atom. The molecule has 0 amide bonds. The Kier molecular flexibility index (Phi) is 7.16. The highest BCUT2D eigenvalue weighted by molar-refractivity contribution is 7.09. The van der Waals surface area contributed by atoms with Crippen LogP contribution in [-0.4, -0.2) is 32.4 Å². The fraction of sp³-hybridized carbons (Fsp3) is 0.765. The van der Waals surface area contributed by atoms with Crippen LogP contribution in [0.15, 0.2) is 5.38 Å². The van der Waals surface area contributed by atoms with E-state index in [4.69, 9.17) is 14.9 Å². The van der Waals surface area contributed by atoms with E-state index >= 15 is 0 Å². The molecule has 0 bridgehead atoms. The molecule has 0 spiro atoms. The molecular formula is C17H32N2O3SSi. The van der Waals surface area contributed by atoms with Crippen molar-refractivity contribution in [1.82, 2.24) is 4.98 Å². The largest absolute Gasteiger partial charge is 0.464 e. The van der Waals surface area contributed by atoms with Crippen molar-refractivity contribution in [3.05, 3.63) is 16.1 Å². The summed E-state index contributed by atoms with van der Waals surface area (Å²) in [6, 6.07) is 0.0187.